The van der Waals surface area contributed by atoms with Crippen molar-refractivity contribution < 1.29 is 9.13 Å². The van der Waals surface area contributed by atoms with Gasteiger partial charge in [0.15, 0.2) is 0 Å². The van der Waals surface area contributed by atoms with Gasteiger partial charge >= 0.3 is 0 Å². The third kappa shape index (κ3) is 3.24. The van der Waals surface area contributed by atoms with E-state index in [1.165, 1.54) is 30.3 Å². The molecule has 0 amide bonds. The van der Waals surface area contributed by atoms with Gasteiger partial charge in [0.1, 0.15) is 11.6 Å². The molecule has 1 N–H and O–H groups in total. The molecule has 1 spiro atoms. The van der Waals surface area contributed by atoms with Crippen molar-refractivity contribution in [2.75, 3.05) is 37.0 Å². The van der Waals surface area contributed by atoms with Crippen LogP contribution < -0.4 is 15.0 Å². The average molecular weight is 416 g/mol. The highest BCUT2D eigenvalue weighted by atomic mass is 35.5. The van der Waals surface area contributed by atoms with Crippen LogP contribution >= 0.6 is 11.6 Å². The van der Waals surface area contributed by atoms with Gasteiger partial charge in [-0.05, 0) is 49.9 Å². The molecule has 0 radical (unpaired) electrons. The Morgan fingerprint density at radius 2 is 2.03 bits per heavy atom. The number of benzene rings is 2. The van der Waals surface area contributed by atoms with Crippen molar-refractivity contribution in [3.63, 3.8) is 0 Å². The first-order valence-electron chi connectivity index (χ1n) is 10.5. The normalized spacial score (nSPS) is 22.9. The molecule has 3 aliphatic heterocycles. The first-order chi connectivity index (χ1) is 14.1. The van der Waals surface area contributed by atoms with Crippen molar-refractivity contribution in [1.29, 1.82) is 0 Å². The maximum absolute atomic E-state index is 14.2. The lowest BCUT2D eigenvalue weighted by atomic mass is 9.77. The fraction of sp³-hybridized carbons (Fsp3) is 0.478. The van der Waals surface area contributed by atoms with Crippen LogP contribution in [0.25, 0.3) is 0 Å². The number of hydrogen-bond acceptors (Lipinski definition) is 4. The SMILES string of the molecule is COc1ccc2c(c1)NC1(CCN(Cc3c(F)cccc3Cl)CC1)C1CCCN21. The summed E-state index contributed by atoms with van der Waals surface area (Å²) in [5.74, 6) is 0.673. The number of nitrogens with one attached hydrogen (secondary N) is 1. The average Bonchev–Trinajstić information content (AvgIpc) is 3.23. The van der Waals surface area contributed by atoms with Crippen molar-refractivity contribution >= 4 is 23.0 Å². The summed E-state index contributed by atoms with van der Waals surface area (Å²) in [6.45, 7) is 3.55. The van der Waals surface area contributed by atoms with E-state index in [0.29, 0.717) is 23.2 Å². The number of nitrogens with zero attached hydrogens (tertiary/aromatic N) is 2. The lowest BCUT2D eigenvalue weighted by Crippen LogP contribution is -2.62. The van der Waals surface area contributed by atoms with Gasteiger partial charge in [-0.3, -0.25) is 4.90 Å². The van der Waals surface area contributed by atoms with Crippen LogP contribution in [0.4, 0.5) is 15.8 Å². The Labute approximate surface area is 176 Å². The number of halogens is 2. The summed E-state index contributed by atoms with van der Waals surface area (Å²) >= 11 is 6.25. The van der Waals surface area contributed by atoms with Gasteiger partial charge in [0, 0.05) is 42.8 Å². The van der Waals surface area contributed by atoms with Gasteiger partial charge in [-0.25, -0.2) is 4.39 Å². The second kappa shape index (κ2) is 7.37. The number of fused-ring (bicyclic) bond motifs is 4. The smallest absolute Gasteiger partial charge is 0.129 e. The van der Waals surface area contributed by atoms with Crippen LogP contribution in [0.15, 0.2) is 36.4 Å². The summed E-state index contributed by atoms with van der Waals surface area (Å²) in [6.07, 6.45) is 4.53. The van der Waals surface area contributed by atoms with Crippen LogP contribution in [0, 0.1) is 5.82 Å². The number of methoxy groups -OCH3 is 1. The lowest BCUT2D eigenvalue weighted by molar-refractivity contribution is 0.147. The second-order valence-electron chi connectivity index (χ2n) is 8.49. The van der Waals surface area contributed by atoms with Crippen molar-refractivity contribution in [3.8, 4) is 5.75 Å². The number of ether oxygens (including phenoxy) is 1. The molecular weight excluding hydrogens is 389 g/mol. The largest absolute Gasteiger partial charge is 0.497 e. The zero-order valence-corrected chi connectivity index (χ0v) is 17.5. The van der Waals surface area contributed by atoms with E-state index in [0.717, 1.165) is 38.2 Å². The van der Waals surface area contributed by atoms with Gasteiger partial charge in [-0.1, -0.05) is 17.7 Å². The first-order valence-corrected chi connectivity index (χ1v) is 10.9. The maximum atomic E-state index is 14.2. The molecule has 5 rings (SSSR count). The Hall–Kier alpha value is -1.98. The summed E-state index contributed by atoms with van der Waals surface area (Å²) in [5.41, 5.74) is 3.14. The Kier molecular flexibility index (Phi) is 4.83. The topological polar surface area (TPSA) is 27.7 Å². The molecule has 2 aromatic rings. The van der Waals surface area contributed by atoms with Crippen molar-refractivity contribution in [2.45, 2.75) is 43.8 Å². The molecular formula is C23H27ClFN3O. The van der Waals surface area contributed by atoms with E-state index in [1.807, 2.05) is 0 Å². The molecule has 1 unspecified atom stereocenters. The molecule has 4 nitrogen and oxygen atoms in total. The van der Waals surface area contributed by atoms with Gasteiger partial charge in [0.25, 0.3) is 0 Å². The fourth-order valence-corrected chi connectivity index (χ4v) is 5.67. The number of piperidine rings is 1. The maximum Gasteiger partial charge on any atom is 0.129 e. The van der Waals surface area contributed by atoms with Crippen LogP contribution in [0.5, 0.6) is 5.75 Å². The number of likely N-dealkylation sites (tertiary alicyclic amines) is 1. The first kappa shape index (κ1) is 19.0. The molecule has 6 heteroatoms. The molecule has 154 valence electrons. The molecule has 1 atom stereocenters. The monoisotopic (exact) mass is 415 g/mol. The Balaban J connectivity index is 1.37. The molecule has 29 heavy (non-hydrogen) atoms. The van der Waals surface area contributed by atoms with E-state index in [1.54, 1.807) is 19.2 Å². The minimum absolute atomic E-state index is 0.0609. The quantitative estimate of drug-likeness (QED) is 0.770. The van der Waals surface area contributed by atoms with Crippen molar-refractivity contribution in [1.82, 2.24) is 4.90 Å². The van der Waals surface area contributed by atoms with Crippen molar-refractivity contribution in [3.05, 3.63) is 52.8 Å². The molecule has 0 aromatic heterocycles. The minimum atomic E-state index is -0.212. The molecule has 2 saturated heterocycles. The van der Waals surface area contributed by atoms with E-state index >= 15 is 0 Å². The van der Waals surface area contributed by atoms with E-state index in [2.05, 4.69) is 33.3 Å². The zero-order chi connectivity index (χ0) is 20.0. The summed E-state index contributed by atoms with van der Waals surface area (Å²) in [6, 6.07) is 11.8. The third-order valence-electron chi connectivity index (χ3n) is 6.98. The van der Waals surface area contributed by atoms with Crippen LogP contribution in [0.2, 0.25) is 5.02 Å². The van der Waals surface area contributed by atoms with E-state index < -0.39 is 0 Å². The summed E-state index contributed by atoms with van der Waals surface area (Å²) in [7, 11) is 1.71. The molecule has 0 bridgehead atoms. The molecule has 3 aliphatic rings. The standard InChI is InChI=1S/C23H27ClFN3O/c1-29-16-7-8-21-20(14-16)26-23(22-6-3-11-28(21)22)9-12-27(13-10-23)15-17-18(24)4-2-5-19(17)25/h2,4-5,7-8,14,22,26H,3,6,9-13,15H2,1H3. The molecule has 0 aliphatic carbocycles. The highest BCUT2D eigenvalue weighted by molar-refractivity contribution is 6.31. The Morgan fingerprint density at radius 3 is 2.79 bits per heavy atom. The predicted molar refractivity (Wildman–Crippen MR) is 116 cm³/mol. The third-order valence-corrected chi connectivity index (χ3v) is 7.33. The van der Waals surface area contributed by atoms with E-state index in [4.69, 9.17) is 16.3 Å². The van der Waals surface area contributed by atoms with Gasteiger partial charge in [0.2, 0.25) is 0 Å². The van der Waals surface area contributed by atoms with Crippen LogP contribution in [0.3, 0.4) is 0 Å². The lowest BCUT2D eigenvalue weighted by Gasteiger charge is -2.53. The van der Waals surface area contributed by atoms with Crippen LogP contribution in [0.1, 0.15) is 31.2 Å². The van der Waals surface area contributed by atoms with Gasteiger partial charge < -0.3 is 15.0 Å². The fourth-order valence-electron chi connectivity index (χ4n) is 5.45. The van der Waals surface area contributed by atoms with Crippen molar-refractivity contribution in [2.24, 2.45) is 0 Å². The van der Waals surface area contributed by atoms with Gasteiger partial charge in [-0.2, -0.15) is 0 Å². The Morgan fingerprint density at radius 1 is 1.21 bits per heavy atom. The summed E-state index contributed by atoms with van der Waals surface area (Å²) < 4.78 is 19.7. The van der Waals surface area contributed by atoms with Gasteiger partial charge in [0.05, 0.1) is 30.1 Å². The predicted octanol–water partition coefficient (Wildman–Crippen LogP) is 4.92. The van der Waals surface area contributed by atoms with E-state index in [-0.39, 0.29) is 11.4 Å². The highest BCUT2D eigenvalue weighted by Crippen LogP contribution is 2.47. The zero-order valence-electron chi connectivity index (χ0n) is 16.8. The summed E-state index contributed by atoms with van der Waals surface area (Å²) in [5, 5.41) is 4.43. The number of rotatable bonds is 3. The number of anilines is 2. The highest BCUT2D eigenvalue weighted by Gasteiger charge is 2.49. The van der Waals surface area contributed by atoms with Crippen LogP contribution in [-0.2, 0) is 6.54 Å². The molecule has 0 saturated carbocycles. The van der Waals surface area contributed by atoms with E-state index in [9.17, 15) is 4.39 Å². The summed E-state index contributed by atoms with van der Waals surface area (Å²) in [4.78, 5) is 4.92. The molecule has 2 fully saturated rings. The van der Waals surface area contributed by atoms with Gasteiger partial charge in [-0.15, -0.1) is 0 Å². The molecule has 2 aromatic carbocycles. The molecule has 3 heterocycles. The Bertz CT molecular complexity index is 893. The number of hydrogen-bond donors (Lipinski definition) is 1. The van der Waals surface area contributed by atoms with Crippen LogP contribution in [-0.4, -0.2) is 43.2 Å². The second-order valence-corrected chi connectivity index (χ2v) is 8.90. The minimum Gasteiger partial charge on any atom is -0.497 e.